The molecule has 1 amide bonds. The van der Waals surface area contributed by atoms with E-state index in [1.165, 1.54) is 0 Å². The molecule has 0 aromatic carbocycles. The molecule has 0 radical (unpaired) electrons. The predicted molar refractivity (Wildman–Crippen MR) is 71.2 cm³/mol. The van der Waals surface area contributed by atoms with E-state index in [0.717, 1.165) is 19.3 Å². The van der Waals surface area contributed by atoms with Crippen LogP contribution in [-0.2, 0) is 4.79 Å². The van der Waals surface area contributed by atoms with E-state index in [4.69, 9.17) is 5.73 Å². The quantitative estimate of drug-likeness (QED) is 0.826. The molecule has 0 saturated carbocycles. The maximum atomic E-state index is 12.3. The van der Waals surface area contributed by atoms with Gasteiger partial charge in [0.2, 0.25) is 5.91 Å². The number of amides is 1. The fourth-order valence-electron chi connectivity index (χ4n) is 2.35. The maximum absolute atomic E-state index is 12.3. The van der Waals surface area contributed by atoms with Crippen molar-refractivity contribution in [3.8, 4) is 0 Å². The Labute approximate surface area is 112 Å². The van der Waals surface area contributed by atoms with Crippen molar-refractivity contribution >= 4 is 5.91 Å². The molecule has 0 bridgehead atoms. The molecule has 2 atom stereocenters. The first-order chi connectivity index (χ1) is 9.24. The number of nitroso groups, excluding NO2 is 1. The lowest BCUT2D eigenvalue weighted by molar-refractivity contribution is -0.134. The minimum atomic E-state index is -0.919. The molecule has 2 N–H and O–H groups in total. The molecule has 1 saturated heterocycles. The Hall–Kier alpha value is -1.82. The summed E-state index contributed by atoms with van der Waals surface area (Å²) in [4.78, 5) is 28.9. The summed E-state index contributed by atoms with van der Waals surface area (Å²) in [5.41, 5.74) is 6.56. The van der Waals surface area contributed by atoms with Gasteiger partial charge < -0.3 is 10.6 Å². The third kappa shape index (κ3) is 3.14. The Morgan fingerprint density at radius 2 is 1.89 bits per heavy atom. The van der Waals surface area contributed by atoms with E-state index in [1.54, 1.807) is 29.4 Å². The van der Waals surface area contributed by atoms with Gasteiger partial charge in [0.05, 0.1) is 0 Å². The van der Waals surface area contributed by atoms with E-state index >= 15 is 0 Å². The average molecular weight is 262 g/mol. The van der Waals surface area contributed by atoms with Gasteiger partial charge in [0.25, 0.3) is 0 Å². The van der Waals surface area contributed by atoms with Crippen molar-refractivity contribution in [3.63, 3.8) is 0 Å². The second kappa shape index (κ2) is 6.38. The molecule has 2 rings (SSSR count). The van der Waals surface area contributed by atoms with E-state index < -0.39 is 12.1 Å². The molecule has 1 aromatic rings. The van der Waals surface area contributed by atoms with Crippen molar-refractivity contribution in [1.29, 1.82) is 0 Å². The summed E-state index contributed by atoms with van der Waals surface area (Å²) in [6.07, 6.45) is 6.25. The Balaban J connectivity index is 2.09. The molecule has 0 spiro atoms. The van der Waals surface area contributed by atoms with E-state index in [2.05, 4.69) is 10.2 Å². The lowest BCUT2D eigenvalue weighted by atomic mass is 10.00. The van der Waals surface area contributed by atoms with E-state index in [0.29, 0.717) is 18.7 Å². The summed E-state index contributed by atoms with van der Waals surface area (Å²) in [5.74, 6) is -0.193. The highest BCUT2D eigenvalue weighted by molar-refractivity contribution is 5.82. The zero-order valence-electron chi connectivity index (χ0n) is 10.7. The fraction of sp³-hybridized carbons (Fsp3) is 0.538. The second-order valence-electron chi connectivity index (χ2n) is 4.74. The van der Waals surface area contributed by atoms with Gasteiger partial charge in [-0.05, 0) is 37.0 Å². The lowest BCUT2D eigenvalue weighted by Crippen LogP contribution is -2.48. The smallest absolute Gasteiger partial charge is 0.242 e. The molecule has 2 heterocycles. The molecule has 0 aliphatic carbocycles. The third-order valence-electron chi connectivity index (χ3n) is 3.45. The molecule has 1 fully saturated rings. The van der Waals surface area contributed by atoms with Crippen molar-refractivity contribution in [3.05, 3.63) is 35.0 Å². The number of piperidine rings is 1. The van der Waals surface area contributed by atoms with Crippen LogP contribution in [0.2, 0.25) is 0 Å². The van der Waals surface area contributed by atoms with Crippen LogP contribution in [0.5, 0.6) is 0 Å². The number of rotatable bonds is 4. The number of pyridine rings is 1. The van der Waals surface area contributed by atoms with Crippen LogP contribution in [0.1, 0.15) is 30.9 Å². The Kier molecular flexibility index (Phi) is 4.57. The topological polar surface area (TPSA) is 88.7 Å². The van der Waals surface area contributed by atoms with Gasteiger partial charge in [-0.25, -0.2) is 0 Å². The van der Waals surface area contributed by atoms with Gasteiger partial charge in [0, 0.05) is 25.5 Å². The zero-order valence-corrected chi connectivity index (χ0v) is 10.7. The summed E-state index contributed by atoms with van der Waals surface area (Å²) in [5, 5.41) is 3.02. The number of hydrogen-bond acceptors (Lipinski definition) is 5. The van der Waals surface area contributed by atoms with Crippen molar-refractivity contribution in [1.82, 2.24) is 9.88 Å². The first-order valence-electron chi connectivity index (χ1n) is 6.51. The number of likely N-dealkylation sites (tertiary alicyclic amines) is 1. The molecular weight excluding hydrogens is 244 g/mol. The fourth-order valence-corrected chi connectivity index (χ4v) is 2.35. The molecule has 6 heteroatoms. The van der Waals surface area contributed by atoms with Crippen LogP contribution in [0.3, 0.4) is 0 Å². The van der Waals surface area contributed by atoms with Gasteiger partial charge in [-0.15, -0.1) is 0 Å². The average Bonchev–Trinajstić information content (AvgIpc) is 2.49. The molecule has 0 unspecified atom stereocenters. The van der Waals surface area contributed by atoms with Crippen molar-refractivity contribution < 1.29 is 4.79 Å². The van der Waals surface area contributed by atoms with Crippen LogP contribution in [0.25, 0.3) is 0 Å². The number of nitrogens with two attached hydrogens (primary N) is 1. The summed E-state index contributed by atoms with van der Waals surface area (Å²) in [6.45, 7) is 1.43. The van der Waals surface area contributed by atoms with Crippen LogP contribution in [-0.4, -0.2) is 34.9 Å². The summed E-state index contributed by atoms with van der Waals surface area (Å²) < 4.78 is 0. The van der Waals surface area contributed by atoms with Crippen LogP contribution in [0, 0.1) is 4.91 Å². The van der Waals surface area contributed by atoms with E-state index in [-0.39, 0.29) is 5.91 Å². The molecular formula is C13H18N4O2. The third-order valence-corrected chi connectivity index (χ3v) is 3.45. The van der Waals surface area contributed by atoms with Crippen LogP contribution >= 0.6 is 0 Å². The molecule has 6 nitrogen and oxygen atoms in total. The monoisotopic (exact) mass is 262 g/mol. The van der Waals surface area contributed by atoms with Crippen LogP contribution in [0.15, 0.2) is 29.7 Å². The minimum absolute atomic E-state index is 0.193. The molecule has 102 valence electrons. The Morgan fingerprint density at radius 3 is 2.47 bits per heavy atom. The maximum Gasteiger partial charge on any atom is 0.242 e. The number of aromatic nitrogens is 1. The molecule has 1 aliphatic heterocycles. The second-order valence-corrected chi connectivity index (χ2v) is 4.74. The van der Waals surface area contributed by atoms with Gasteiger partial charge in [0.15, 0.2) is 0 Å². The normalized spacial score (nSPS) is 18.7. The molecule has 1 aliphatic rings. The molecule has 1 aromatic heterocycles. The summed E-state index contributed by atoms with van der Waals surface area (Å²) in [6, 6.07) is 1.56. The van der Waals surface area contributed by atoms with Crippen molar-refractivity contribution in [2.75, 3.05) is 13.1 Å². The number of carbonyl (C=O) groups excluding carboxylic acids is 1. The zero-order chi connectivity index (χ0) is 13.7. The van der Waals surface area contributed by atoms with E-state index in [1.807, 2.05) is 0 Å². The Bertz CT molecular complexity index is 432. The number of nitrogens with zero attached hydrogens (tertiary/aromatic N) is 3. The van der Waals surface area contributed by atoms with Crippen molar-refractivity contribution in [2.45, 2.75) is 31.3 Å². The Morgan fingerprint density at radius 1 is 1.26 bits per heavy atom. The van der Waals surface area contributed by atoms with Crippen LogP contribution in [0.4, 0.5) is 0 Å². The highest BCUT2D eigenvalue weighted by Gasteiger charge is 2.31. The predicted octanol–water partition coefficient (Wildman–Crippen LogP) is 1.23. The first kappa shape index (κ1) is 13.6. The van der Waals surface area contributed by atoms with Crippen molar-refractivity contribution in [2.24, 2.45) is 10.9 Å². The van der Waals surface area contributed by atoms with E-state index in [9.17, 15) is 9.70 Å². The SMILES string of the molecule is N[C@@H](C(=O)N1CCCCC1)[C@@H](N=O)c1ccncc1. The highest BCUT2D eigenvalue weighted by Crippen LogP contribution is 2.21. The summed E-state index contributed by atoms with van der Waals surface area (Å²) in [7, 11) is 0. The number of carbonyl (C=O) groups is 1. The van der Waals surface area contributed by atoms with Gasteiger partial charge >= 0.3 is 0 Å². The highest BCUT2D eigenvalue weighted by atomic mass is 16.3. The van der Waals surface area contributed by atoms with Gasteiger partial charge in [0.1, 0.15) is 12.1 Å². The van der Waals surface area contributed by atoms with Gasteiger partial charge in [-0.2, -0.15) is 4.91 Å². The van der Waals surface area contributed by atoms with Gasteiger partial charge in [-0.3, -0.25) is 9.78 Å². The largest absolute Gasteiger partial charge is 0.341 e. The van der Waals surface area contributed by atoms with Gasteiger partial charge in [-0.1, -0.05) is 5.18 Å². The minimum Gasteiger partial charge on any atom is -0.341 e. The molecule has 19 heavy (non-hydrogen) atoms. The first-order valence-corrected chi connectivity index (χ1v) is 6.51. The number of hydrogen-bond donors (Lipinski definition) is 1. The van der Waals surface area contributed by atoms with Crippen LogP contribution < -0.4 is 5.73 Å². The summed E-state index contributed by atoms with van der Waals surface area (Å²) >= 11 is 0. The lowest BCUT2D eigenvalue weighted by Gasteiger charge is -2.30. The standard InChI is InChI=1S/C13H18N4O2/c14-11(13(18)17-8-2-1-3-9-17)12(16-19)10-4-6-15-7-5-10/h4-7,11-12H,1-3,8-9,14H2/t11-,12+/m1/s1.